The van der Waals surface area contributed by atoms with Gasteiger partial charge in [-0.25, -0.2) is 4.79 Å². The van der Waals surface area contributed by atoms with E-state index in [2.05, 4.69) is 20.2 Å². The van der Waals surface area contributed by atoms with E-state index in [1.165, 1.54) is 11.8 Å². The molecule has 21 heavy (non-hydrogen) atoms. The predicted molar refractivity (Wildman–Crippen MR) is 87.4 cm³/mol. The number of benzene rings is 1. The molecule has 7 heteroatoms. The Morgan fingerprint density at radius 1 is 1.29 bits per heavy atom. The van der Waals surface area contributed by atoms with Crippen LogP contribution in [-0.4, -0.2) is 41.0 Å². The SMILES string of the molecule is CSCC(=O)Nc1cc2[nH]c(=O)[nH]c2cc1N1CCCC1. The van der Waals surface area contributed by atoms with Gasteiger partial charge in [-0.1, -0.05) is 0 Å². The van der Waals surface area contributed by atoms with Gasteiger partial charge in [0.1, 0.15) is 0 Å². The Morgan fingerprint density at radius 3 is 2.62 bits per heavy atom. The summed E-state index contributed by atoms with van der Waals surface area (Å²) < 4.78 is 0. The molecule has 2 aromatic rings. The summed E-state index contributed by atoms with van der Waals surface area (Å²) >= 11 is 1.49. The fourth-order valence-corrected chi connectivity index (χ4v) is 3.04. The highest BCUT2D eigenvalue weighted by atomic mass is 32.2. The second-order valence-electron chi connectivity index (χ2n) is 5.17. The van der Waals surface area contributed by atoms with Gasteiger partial charge in [0.15, 0.2) is 0 Å². The Kier molecular flexibility index (Phi) is 3.92. The third kappa shape index (κ3) is 2.92. The van der Waals surface area contributed by atoms with Gasteiger partial charge in [0.05, 0.1) is 28.2 Å². The molecule has 112 valence electrons. The summed E-state index contributed by atoms with van der Waals surface area (Å²) in [5.41, 5.74) is 2.99. The molecule has 2 heterocycles. The lowest BCUT2D eigenvalue weighted by Gasteiger charge is -2.21. The standard InChI is InChI=1S/C14H18N4O2S/c1-21-8-13(19)15-11-6-9-10(17-14(20)16-9)7-12(11)18-4-2-3-5-18/h6-7H,2-5,8H2,1H3,(H,15,19)(H2,16,17,20). The van der Waals surface area contributed by atoms with Gasteiger partial charge < -0.3 is 20.2 Å². The minimum atomic E-state index is -0.232. The Bertz CT molecular complexity index is 715. The van der Waals surface area contributed by atoms with Crippen LogP contribution in [0.5, 0.6) is 0 Å². The molecule has 1 aliphatic rings. The average Bonchev–Trinajstić information content (AvgIpc) is 3.05. The molecule has 1 amide bonds. The molecule has 0 saturated carbocycles. The molecule has 1 aromatic carbocycles. The van der Waals surface area contributed by atoms with Crippen LogP contribution in [0.1, 0.15) is 12.8 Å². The molecule has 0 bridgehead atoms. The van der Waals surface area contributed by atoms with Crippen molar-refractivity contribution in [3.05, 3.63) is 22.6 Å². The van der Waals surface area contributed by atoms with Crippen LogP contribution >= 0.6 is 11.8 Å². The monoisotopic (exact) mass is 306 g/mol. The van der Waals surface area contributed by atoms with Gasteiger partial charge in [-0.2, -0.15) is 11.8 Å². The molecule has 1 aromatic heterocycles. The molecule has 3 N–H and O–H groups in total. The lowest BCUT2D eigenvalue weighted by Crippen LogP contribution is -2.21. The first-order valence-corrected chi connectivity index (χ1v) is 8.36. The number of aromatic amines is 2. The molecular formula is C14H18N4O2S. The summed E-state index contributed by atoms with van der Waals surface area (Å²) in [6.07, 6.45) is 4.20. The number of rotatable bonds is 4. The maximum absolute atomic E-state index is 11.9. The lowest BCUT2D eigenvalue weighted by molar-refractivity contribution is -0.113. The number of H-pyrrole nitrogens is 2. The number of carbonyl (C=O) groups is 1. The summed E-state index contributed by atoms with van der Waals surface area (Å²) in [7, 11) is 0. The van der Waals surface area contributed by atoms with Crippen molar-refractivity contribution in [2.24, 2.45) is 0 Å². The highest BCUT2D eigenvalue weighted by molar-refractivity contribution is 7.99. The van der Waals surface area contributed by atoms with Crippen LogP contribution < -0.4 is 15.9 Å². The van der Waals surface area contributed by atoms with Crippen molar-refractivity contribution >= 4 is 40.1 Å². The average molecular weight is 306 g/mol. The van der Waals surface area contributed by atoms with Gasteiger partial charge in [-0.05, 0) is 31.2 Å². The molecule has 1 fully saturated rings. The number of carbonyl (C=O) groups excluding carboxylic acids is 1. The van der Waals surface area contributed by atoms with Crippen LogP contribution in [0.2, 0.25) is 0 Å². The van der Waals surface area contributed by atoms with Crippen molar-refractivity contribution in [3.63, 3.8) is 0 Å². The van der Waals surface area contributed by atoms with Gasteiger partial charge in [-0.3, -0.25) is 4.79 Å². The number of thioether (sulfide) groups is 1. The van der Waals surface area contributed by atoms with E-state index in [0.717, 1.165) is 42.8 Å². The summed E-state index contributed by atoms with van der Waals surface area (Å²) in [6, 6.07) is 3.77. The van der Waals surface area contributed by atoms with Crippen LogP contribution in [-0.2, 0) is 4.79 Å². The number of hydrogen-bond acceptors (Lipinski definition) is 4. The highest BCUT2D eigenvalue weighted by Gasteiger charge is 2.18. The van der Waals surface area contributed by atoms with E-state index in [-0.39, 0.29) is 11.6 Å². The number of anilines is 2. The van der Waals surface area contributed by atoms with E-state index in [1.54, 1.807) is 0 Å². The van der Waals surface area contributed by atoms with Gasteiger partial charge in [0.2, 0.25) is 5.91 Å². The Balaban J connectivity index is 2.02. The van der Waals surface area contributed by atoms with Crippen LogP contribution in [0.3, 0.4) is 0 Å². The minimum absolute atomic E-state index is 0.0276. The zero-order chi connectivity index (χ0) is 14.8. The minimum Gasteiger partial charge on any atom is -0.370 e. The first-order valence-electron chi connectivity index (χ1n) is 6.97. The zero-order valence-electron chi connectivity index (χ0n) is 11.9. The van der Waals surface area contributed by atoms with Gasteiger partial charge in [0.25, 0.3) is 0 Å². The number of fused-ring (bicyclic) bond motifs is 1. The lowest BCUT2D eigenvalue weighted by atomic mass is 10.2. The summed E-state index contributed by atoms with van der Waals surface area (Å²) in [6.45, 7) is 1.96. The zero-order valence-corrected chi connectivity index (χ0v) is 12.7. The van der Waals surface area contributed by atoms with Gasteiger partial charge >= 0.3 is 5.69 Å². The van der Waals surface area contributed by atoms with Crippen molar-refractivity contribution in [2.45, 2.75) is 12.8 Å². The van der Waals surface area contributed by atoms with Gasteiger partial charge in [-0.15, -0.1) is 0 Å². The van der Waals surface area contributed by atoms with E-state index in [1.807, 2.05) is 18.4 Å². The first kappa shape index (κ1) is 14.1. The number of nitrogens with zero attached hydrogens (tertiary/aromatic N) is 1. The smallest absolute Gasteiger partial charge is 0.323 e. The molecule has 1 saturated heterocycles. The summed E-state index contributed by atoms with van der Waals surface area (Å²) in [5.74, 6) is 0.390. The third-order valence-corrected chi connectivity index (χ3v) is 4.18. The van der Waals surface area contributed by atoms with Gasteiger partial charge in [0, 0.05) is 13.1 Å². The second kappa shape index (κ2) is 5.85. The van der Waals surface area contributed by atoms with Crippen molar-refractivity contribution in [2.75, 3.05) is 35.3 Å². The van der Waals surface area contributed by atoms with E-state index in [9.17, 15) is 9.59 Å². The normalized spacial score (nSPS) is 14.8. The van der Waals surface area contributed by atoms with E-state index >= 15 is 0 Å². The van der Waals surface area contributed by atoms with E-state index in [4.69, 9.17) is 0 Å². The number of amides is 1. The second-order valence-corrected chi connectivity index (χ2v) is 6.04. The largest absolute Gasteiger partial charge is 0.370 e. The first-order chi connectivity index (χ1) is 10.2. The molecule has 0 radical (unpaired) electrons. The molecule has 3 rings (SSSR count). The van der Waals surface area contributed by atoms with Crippen LogP contribution in [0, 0.1) is 0 Å². The van der Waals surface area contributed by atoms with E-state index in [0.29, 0.717) is 11.3 Å². The fraction of sp³-hybridized carbons (Fsp3) is 0.429. The predicted octanol–water partition coefficient (Wildman–Crippen LogP) is 1.76. The molecule has 6 nitrogen and oxygen atoms in total. The third-order valence-electron chi connectivity index (χ3n) is 3.63. The number of nitrogens with one attached hydrogen (secondary N) is 3. The molecule has 0 spiro atoms. The molecule has 0 aliphatic carbocycles. The van der Waals surface area contributed by atoms with Crippen LogP contribution in [0.4, 0.5) is 11.4 Å². The topological polar surface area (TPSA) is 81.0 Å². The van der Waals surface area contributed by atoms with Crippen molar-refractivity contribution in [1.29, 1.82) is 0 Å². The molecular weight excluding hydrogens is 288 g/mol. The van der Waals surface area contributed by atoms with Crippen LogP contribution in [0.15, 0.2) is 16.9 Å². The maximum Gasteiger partial charge on any atom is 0.323 e. The molecule has 1 aliphatic heterocycles. The maximum atomic E-state index is 11.9. The number of imidazole rings is 1. The molecule has 0 unspecified atom stereocenters. The summed E-state index contributed by atoms with van der Waals surface area (Å²) in [5, 5.41) is 2.95. The highest BCUT2D eigenvalue weighted by Crippen LogP contribution is 2.32. The number of aromatic nitrogens is 2. The van der Waals surface area contributed by atoms with Crippen molar-refractivity contribution < 1.29 is 4.79 Å². The van der Waals surface area contributed by atoms with E-state index < -0.39 is 0 Å². The van der Waals surface area contributed by atoms with Crippen molar-refractivity contribution in [1.82, 2.24) is 9.97 Å². The summed E-state index contributed by atoms with van der Waals surface area (Å²) in [4.78, 5) is 31.1. The Labute approximate surface area is 126 Å². The quantitative estimate of drug-likeness (QED) is 0.804. The fourth-order valence-electron chi connectivity index (χ4n) is 2.71. The Hall–Kier alpha value is -1.89. The van der Waals surface area contributed by atoms with Crippen LogP contribution in [0.25, 0.3) is 11.0 Å². The molecule has 0 atom stereocenters. The number of hydrogen-bond donors (Lipinski definition) is 3. The Morgan fingerprint density at radius 2 is 1.95 bits per heavy atom. The van der Waals surface area contributed by atoms with Crippen molar-refractivity contribution in [3.8, 4) is 0 Å².